The van der Waals surface area contributed by atoms with Gasteiger partial charge in [0.05, 0.1) is 6.61 Å². The van der Waals surface area contributed by atoms with Crippen LogP contribution in [0.2, 0.25) is 0 Å². The number of carbonyl (C=O) groups excluding carboxylic acids is 1. The van der Waals surface area contributed by atoms with Gasteiger partial charge in [0.1, 0.15) is 0 Å². The van der Waals surface area contributed by atoms with Crippen LogP contribution >= 0.6 is 0 Å². The number of hydrogen-bond donors (Lipinski definition) is 0. The molecular weight excluding hydrogens is 200 g/mol. The summed E-state index contributed by atoms with van der Waals surface area (Å²) in [7, 11) is 0. The lowest BCUT2D eigenvalue weighted by atomic mass is 10.2. The fraction of sp³-hybridized carbons (Fsp3) is 0.786. The molecule has 0 aromatic rings. The van der Waals surface area contributed by atoms with Gasteiger partial charge in [-0.1, -0.05) is 51.7 Å². The first-order chi connectivity index (χ1) is 7.81. The molecule has 0 amide bonds. The number of allylic oxidation sites excluding steroid dienone is 1. The van der Waals surface area contributed by atoms with Crippen molar-refractivity contribution in [2.24, 2.45) is 0 Å². The Bertz CT molecular complexity index is 185. The third-order valence-corrected chi connectivity index (χ3v) is 2.42. The molecule has 0 aliphatic heterocycles. The fourth-order valence-electron chi connectivity index (χ4n) is 1.39. The number of hydrogen-bond acceptors (Lipinski definition) is 2. The first kappa shape index (κ1) is 15.2. The molecular formula is C14H26O2. The van der Waals surface area contributed by atoms with Crippen molar-refractivity contribution in [2.45, 2.75) is 65.2 Å². The van der Waals surface area contributed by atoms with E-state index in [2.05, 4.69) is 26.0 Å². The van der Waals surface area contributed by atoms with Gasteiger partial charge in [0.15, 0.2) is 0 Å². The second kappa shape index (κ2) is 12.3. The summed E-state index contributed by atoms with van der Waals surface area (Å²) in [6.07, 6.45) is 12.5. The van der Waals surface area contributed by atoms with E-state index in [1.807, 2.05) is 0 Å². The first-order valence-corrected chi connectivity index (χ1v) is 6.61. The molecule has 2 heteroatoms. The Balaban J connectivity index is 3.23. The highest BCUT2D eigenvalue weighted by Gasteiger charge is 2.00. The number of carbonyl (C=O) groups is 1. The average molecular weight is 226 g/mol. The molecule has 0 rings (SSSR count). The van der Waals surface area contributed by atoms with Gasteiger partial charge in [0.2, 0.25) is 0 Å². The molecule has 0 atom stereocenters. The van der Waals surface area contributed by atoms with Crippen molar-refractivity contribution < 1.29 is 9.53 Å². The molecule has 0 radical (unpaired) electrons. The van der Waals surface area contributed by atoms with Crippen molar-refractivity contribution in [1.82, 2.24) is 0 Å². The third-order valence-electron chi connectivity index (χ3n) is 2.42. The second-order valence-electron chi connectivity index (χ2n) is 4.08. The largest absolute Gasteiger partial charge is 0.465 e. The lowest BCUT2D eigenvalue weighted by Crippen LogP contribution is -2.04. The highest BCUT2D eigenvalue weighted by molar-refractivity contribution is 5.69. The minimum Gasteiger partial charge on any atom is -0.465 e. The van der Waals surface area contributed by atoms with Crippen molar-refractivity contribution in [3.05, 3.63) is 12.2 Å². The molecule has 0 saturated carbocycles. The van der Waals surface area contributed by atoms with Crippen LogP contribution in [-0.4, -0.2) is 12.6 Å². The molecule has 0 fully saturated rings. The maximum atomic E-state index is 11.2. The summed E-state index contributed by atoms with van der Waals surface area (Å²) in [5, 5.41) is 0. The summed E-state index contributed by atoms with van der Waals surface area (Å²) in [6, 6.07) is 0. The predicted molar refractivity (Wildman–Crippen MR) is 68.4 cm³/mol. The summed E-state index contributed by atoms with van der Waals surface area (Å²) in [4.78, 5) is 11.2. The molecule has 0 bridgehead atoms. The number of ether oxygens (including phenoxy) is 1. The summed E-state index contributed by atoms with van der Waals surface area (Å²) >= 11 is 0. The molecule has 0 unspecified atom stereocenters. The molecule has 0 aromatic heterocycles. The standard InChI is InChI=1S/C14H26O2/c1-3-5-7-8-9-11-13-16-14(15)12-10-6-4-2/h8-9H,3-7,10-13H2,1-2H3/b9-8-. The number of rotatable bonds is 10. The van der Waals surface area contributed by atoms with Crippen LogP contribution in [0, 0.1) is 0 Å². The maximum Gasteiger partial charge on any atom is 0.305 e. The molecule has 0 heterocycles. The molecule has 16 heavy (non-hydrogen) atoms. The van der Waals surface area contributed by atoms with Gasteiger partial charge in [0, 0.05) is 6.42 Å². The van der Waals surface area contributed by atoms with E-state index in [0.29, 0.717) is 13.0 Å². The Hall–Kier alpha value is -0.790. The van der Waals surface area contributed by atoms with Crippen LogP contribution in [0.5, 0.6) is 0 Å². The highest BCUT2D eigenvalue weighted by atomic mass is 16.5. The van der Waals surface area contributed by atoms with Crippen molar-refractivity contribution in [3.63, 3.8) is 0 Å². The minimum atomic E-state index is -0.0459. The van der Waals surface area contributed by atoms with Gasteiger partial charge >= 0.3 is 5.97 Å². The van der Waals surface area contributed by atoms with Crippen LogP contribution in [0.4, 0.5) is 0 Å². The Morgan fingerprint density at radius 1 is 1.00 bits per heavy atom. The van der Waals surface area contributed by atoms with E-state index in [9.17, 15) is 4.79 Å². The van der Waals surface area contributed by atoms with E-state index >= 15 is 0 Å². The SMILES string of the molecule is CCCC/C=C\CCOC(=O)CCCCC. The van der Waals surface area contributed by atoms with Crippen LogP contribution in [0.25, 0.3) is 0 Å². The first-order valence-electron chi connectivity index (χ1n) is 6.61. The van der Waals surface area contributed by atoms with E-state index in [4.69, 9.17) is 4.74 Å². The van der Waals surface area contributed by atoms with Gasteiger partial charge in [-0.25, -0.2) is 0 Å². The van der Waals surface area contributed by atoms with Crippen molar-refractivity contribution in [2.75, 3.05) is 6.61 Å². The lowest BCUT2D eigenvalue weighted by Gasteiger charge is -2.02. The van der Waals surface area contributed by atoms with Crippen molar-refractivity contribution in [3.8, 4) is 0 Å². The van der Waals surface area contributed by atoms with Gasteiger partial charge in [-0.05, 0) is 19.3 Å². The predicted octanol–water partition coefficient (Wildman–Crippen LogP) is 4.25. The van der Waals surface area contributed by atoms with Crippen LogP contribution in [0.3, 0.4) is 0 Å². The van der Waals surface area contributed by atoms with E-state index in [1.165, 1.54) is 12.8 Å². The van der Waals surface area contributed by atoms with Gasteiger partial charge in [-0.15, -0.1) is 0 Å². The lowest BCUT2D eigenvalue weighted by molar-refractivity contribution is -0.143. The van der Waals surface area contributed by atoms with Gasteiger partial charge in [-0.3, -0.25) is 4.79 Å². The zero-order chi connectivity index (χ0) is 12.1. The van der Waals surface area contributed by atoms with E-state index in [0.717, 1.165) is 32.1 Å². The third kappa shape index (κ3) is 11.3. The zero-order valence-corrected chi connectivity index (χ0v) is 10.8. The van der Waals surface area contributed by atoms with Crippen molar-refractivity contribution in [1.29, 1.82) is 0 Å². The summed E-state index contributed by atoms with van der Waals surface area (Å²) in [5.41, 5.74) is 0. The summed E-state index contributed by atoms with van der Waals surface area (Å²) in [6.45, 7) is 4.85. The molecule has 0 spiro atoms. The molecule has 0 aliphatic rings. The van der Waals surface area contributed by atoms with E-state index in [1.54, 1.807) is 0 Å². The average Bonchev–Trinajstić information content (AvgIpc) is 2.28. The topological polar surface area (TPSA) is 26.3 Å². The quantitative estimate of drug-likeness (QED) is 0.316. The number of esters is 1. The van der Waals surface area contributed by atoms with E-state index < -0.39 is 0 Å². The molecule has 0 saturated heterocycles. The van der Waals surface area contributed by atoms with Crippen LogP contribution in [0.15, 0.2) is 12.2 Å². The Kier molecular flexibility index (Phi) is 11.7. The normalized spacial score (nSPS) is 10.9. The smallest absolute Gasteiger partial charge is 0.305 e. The van der Waals surface area contributed by atoms with Crippen LogP contribution in [-0.2, 0) is 9.53 Å². The van der Waals surface area contributed by atoms with E-state index in [-0.39, 0.29) is 5.97 Å². The molecule has 0 N–H and O–H groups in total. The Morgan fingerprint density at radius 2 is 1.69 bits per heavy atom. The molecule has 94 valence electrons. The minimum absolute atomic E-state index is 0.0459. The van der Waals surface area contributed by atoms with Crippen LogP contribution in [0.1, 0.15) is 65.2 Å². The Morgan fingerprint density at radius 3 is 2.38 bits per heavy atom. The zero-order valence-electron chi connectivity index (χ0n) is 10.8. The molecule has 2 nitrogen and oxygen atoms in total. The van der Waals surface area contributed by atoms with Crippen LogP contribution < -0.4 is 0 Å². The monoisotopic (exact) mass is 226 g/mol. The maximum absolute atomic E-state index is 11.2. The second-order valence-corrected chi connectivity index (χ2v) is 4.08. The molecule has 0 aliphatic carbocycles. The van der Waals surface area contributed by atoms with Gasteiger partial charge in [0.25, 0.3) is 0 Å². The van der Waals surface area contributed by atoms with Crippen molar-refractivity contribution >= 4 is 5.97 Å². The highest BCUT2D eigenvalue weighted by Crippen LogP contribution is 2.01. The van der Waals surface area contributed by atoms with Gasteiger partial charge < -0.3 is 4.74 Å². The summed E-state index contributed by atoms with van der Waals surface area (Å²) in [5.74, 6) is -0.0459. The fourth-order valence-corrected chi connectivity index (χ4v) is 1.39. The number of unbranched alkanes of at least 4 members (excludes halogenated alkanes) is 4. The Labute approximate surface area is 100 Å². The summed E-state index contributed by atoms with van der Waals surface area (Å²) < 4.78 is 5.10. The van der Waals surface area contributed by atoms with Gasteiger partial charge in [-0.2, -0.15) is 0 Å². The molecule has 0 aromatic carbocycles.